The molecule has 0 aliphatic rings. The second kappa shape index (κ2) is 12.6. The number of rotatable bonds is 8. The van der Waals surface area contributed by atoms with E-state index >= 15 is 0 Å². The van der Waals surface area contributed by atoms with Crippen LogP contribution in [0, 0.1) is 13.8 Å². The van der Waals surface area contributed by atoms with E-state index in [4.69, 9.17) is 4.74 Å². The summed E-state index contributed by atoms with van der Waals surface area (Å²) < 4.78 is 48.5. The zero-order valence-corrected chi connectivity index (χ0v) is 27.0. The molecule has 0 aliphatic carbocycles. The Kier molecular flexibility index (Phi) is 9.58. The largest absolute Gasteiger partial charge is 0.496 e. The highest BCUT2D eigenvalue weighted by molar-refractivity contribution is 7.80. The van der Waals surface area contributed by atoms with Crippen LogP contribution in [0.1, 0.15) is 92.7 Å². The lowest BCUT2D eigenvalue weighted by atomic mass is 9.80. The standard InChI is InChI=1S/C37H42F3OP/c1-22(2)27-19-31(23(3)4)35(32(20-27)24(5)6)34-26(8)15-16-33(41-9)36(34)42(29-13-11-10-12-14-29)30-18-25(7)17-28(21-30)37(38,39)40/h10-24H,1-9H3. The van der Waals surface area contributed by atoms with Gasteiger partial charge in [0.2, 0.25) is 0 Å². The molecule has 0 radical (unpaired) electrons. The normalized spacial score (nSPS) is 12.8. The molecule has 0 bridgehead atoms. The summed E-state index contributed by atoms with van der Waals surface area (Å²) in [7, 11) is 0.234. The van der Waals surface area contributed by atoms with Crippen LogP contribution in [0.5, 0.6) is 5.75 Å². The molecule has 42 heavy (non-hydrogen) atoms. The van der Waals surface area contributed by atoms with Crippen molar-refractivity contribution in [1.82, 2.24) is 0 Å². The Balaban J connectivity index is 2.22. The fraction of sp³-hybridized carbons (Fsp3) is 0.351. The van der Waals surface area contributed by atoms with Crippen molar-refractivity contribution < 1.29 is 17.9 Å². The molecule has 0 spiro atoms. The number of alkyl halides is 3. The molecule has 0 aliphatic heterocycles. The van der Waals surface area contributed by atoms with E-state index in [1.54, 1.807) is 14.0 Å². The van der Waals surface area contributed by atoms with Gasteiger partial charge in [-0.25, -0.2) is 0 Å². The van der Waals surface area contributed by atoms with Crippen LogP contribution in [0.15, 0.2) is 72.8 Å². The van der Waals surface area contributed by atoms with Gasteiger partial charge in [-0.3, -0.25) is 0 Å². The third kappa shape index (κ3) is 6.45. The van der Waals surface area contributed by atoms with Crippen LogP contribution < -0.4 is 20.7 Å². The van der Waals surface area contributed by atoms with Gasteiger partial charge in [0.1, 0.15) is 5.75 Å². The summed E-state index contributed by atoms with van der Waals surface area (Å²) in [6.07, 6.45) is -4.44. The lowest BCUT2D eigenvalue weighted by molar-refractivity contribution is -0.137. The summed E-state index contributed by atoms with van der Waals surface area (Å²) >= 11 is 0. The second-order valence-electron chi connectivity index (χ2n) is 12.1. The minimum atomic E-state index is -4.44. The first kappa shape index (κ1) is 31.8. The van der Waals surface area contributed by atoms with Gasteiger partial charge in [0, 0.05) is 5.30 Å². The molecule has 0 heterocycles. The van der Waals surface area contributed by atoms with Crippen molar-refractivity contribution in [1.29, 1.82) is 0 Å². The first-order valence-electron chi connectivity index (χ1n) is 14.6. The minimum absolute atomic E-state index is 0.244. The maximum atomic E-state index is 14.1. The number of ether oxygens (including phenoxy) is 1. The third-order valence-electron chi connectivity index (χ3n) is 7.84. The highest BCUT2D eigenvalue weighted by Gasteiger charge is 2.34. The molecule has 5 heteroatoms. The summed E-state index contributed by atoms with van der Waals surface area (Å²) in [5.41, 5.74) is 7.11. The Morgan fingerprint density at radius 1 is 0.667 bits per heavy atom. The lowest BCUT2D eigenvalue weighted by Gasteiger charge is -2.30. The molecule has 222 valence electrons. The van der Waals surface area contributed by atoms with Gasteiger partial charge in [0.25, 0.3) is 0 Å². The van der Waals surface area contributed by atoms with Crippen LogP contribution >= 0.6 is 7.92 Å². The van der Waals surface area contributed by atoms with Crippen molar-refractivity contribution in [3.05, 3.63) is 106 Å². The van der Waals surface area contributed by atoms with Gasteiger partial charge >= 0.3 is 6.18 Å². The quantitative estimate of drug-likeness (QED) is 0.186. The molecular formula is C37H42F3OP. The van der Waals surface area contributed by atoms with Crippen molar-refractivity contribution in [2.45, 2.75) is 79.3 Å². The Morgan fingerprint density at radius 3 is 1.76 bits per heavy atom. The SMILES string of the molecule is COc1ccc(C)c(-c2c(C(C)C)cc(C(C)C)cc2C(C)C)c1P(c1ccccc1)c1cc(C)cc(C(F)(F)F)c1. The molecule has 0 saturated heterocycles. The molecule has 1 unspecified atom stereocenters. The number of aryl methyl sites for hydroxylation is 2. The smallest absolute Gasteiger partial charge is 0.416 e. The van der Waals surface area contributed by atoms with Crippen molar-refractivity contribution in [2.24, 2.45) is 0 Å². The minimum Gasteiger partial charge on any atom is -0.496 e. The van der Waals surface area contributed by atoms with E-state index in [-0.39, 0.29) is 11.8 Å². The van der Waals surface area contributed by atoms with E-state index in [2.05, 4.69) is 66.7 Å². The van der Waals surface area contributed by atoms with Gasteiger partial charge in [0.05, 0.1) is 12.7 Å². The number of methoxy groups -OCH3 is 1. The zero-order chi connectivity index (χ0) is 30.9. The van der Waals surface area contributed by atoms with Crippen molar-refractivity contribution in [2.75, 3.05) is 7.11 Å². The van der Waals surface area contributed by atoms with Gasteiger partial charge in [0.15, 0.2) is 0 Å². The molecule has 0 fully saturated rings. The molecule has 0 N–H and O–H groups in total. The fourth-order valence-corrected chi connectivity index (χ4v) is 8.44. The average Bonchev–Trinajstić information content (AvgIpc) is 2.92. The van der Waals surface area contributed by atoms with E-state index in [9.17, 15) is 13.2 Å². The summed E-state index contributed by atoms with van der Waals surface area (Å²) in [6.45, 7) is 17.2. The molecule has 4 aromatic carbocycles. The van der Waals surface area contributed by atoms with Gasteiger partial charge in [-0.1, -0.05) is 96.1 Å². The van der Waals surface area contributed by atoms with Crippen LogP contribution in [0.3, 0.4) is 0 Å². The summed E-state index contributed by atoms with van der Waals surface area (Å²) in [5, 5.41) is 2.59. The molecule has 0 saturated carbocycles. The molecule has 4 aromatic rings. The predicted molar refractivity (Wildman–Crippen MR) is 174 cm³/mol. The third-order valence-corrected chi connectivity index (χ3v) is 10.3. The Hall–Kier alpha value is -3.10. The number of benzene rings is 4. The van der Waals surface area contributed by atoms with Crippen molar-refractivity contribution >= 4 is 23.8 Å². The molecule has 1 nitrogen and oxygen atoms in total. The molecule has 0 aromatic heterocycles. The van der Waals surface area contributed by atoms with Crippen LogP contribution in [-0.4, -0.2) is 7.11 Å². The van der Waals surface area contributed by atoms with E-state index < -0.39 is 19.7 Å². The maximum absolute atomic E-state index is 14.1. The summed E-state index contributed by atoms with van der Waals surface area (Å²) in [5.74, 6) is 1.55. The first-order valence-corrected chi connectivity index (χ1v) is 16.0. The second-order valence-corrected chi connectivity index (χ2v) is 14.2. The Bertz CT molecular complexity index is 1520. The summed E-state index contributed by atoms with van der Waals surface area (Å²) in [6, 6.07) is 23.1. The highest BCUT2D eigenvalue weighted by atomic mass is 31.1. The van der Waals surface area contributed by atoms with Gasteiger partial charge in [-0.2, -0.15) is 13.2 Å². The molecular weight excluding hydrogens is 548 g/mol. The van der Waals surface area contributed by atoms with E-state index in [0.717, 1.165) is 21.7 Å². The predicted octanol–water partition coefficient (Wildman–Crippen LogP) is 10.1. The van der Waals surface area contributed by atoms with E-state index in [1.807, 2.05) is 42.5 Å². The number of hydrogen-bond donors (Lipinski definition) is 0. The summed E-state index contributed by atoms with van der Waals surface area (Å²) in [4.78, 5) is 0. The highest BCUT2D eigenvalue weighted by Crippen LogP contribution is 2.47. The molecule has 1 atom stereocenters. The Labute approximate surface area is 250 Å². The van der Waals surface area contributed by atoms with Crippen LogP contribution in [0.25, 0.3) is 11.1 Å². The molecule has 0 amide bonds. The Morgan fingerprint density at radius 2 is 1.26 bits per heavy atom. The van der Waals surface area contributed by atoms with Crippen LogP contribution in [0.2, 0.25) is 0 Å². The van der Waals surface area contributed by atoms with Gasteiger partial charge < -0.3 is 4.74 Å². The van der Waals surface area contributed by atoms with E-state index in [1.165, 1.54) is 34.4 Å². The monoisotopic (exact) mass is 590 g/mol. The topological polar surface area (TPSA) is 9.23 Å². The molecule has 4 rings (SSSR count). The number of halogens is 3. The van der Waals surface area contributed by atoms with Crippen molar-refractivity contribution in [3.8, 4) is 16.9 Å². The van der Waals surface area contributed by atoms with Crippen LogP contribution in [0.4, 0.5) is 13.2 Å². The van der Waals surface area contributed by atoms with Crippen molar-refractivity contribution in [3.63, 3.8) is 0 Å². The zero-order valence-electron chi connectivity index (χ0n) is 26.1. The first-order chi connectivity index (χ1) is 19.7. The average molecular weight is 591 g/mol. The number of hydrogen-bond acceptors (Lipinski definition) is 1. The maximum Gasteiger partial charge on any atom is 0.416 e. The van der Waals surface area contributed by atoms with Crippen LogP contribution in [-0.2, 0) is 6.18 Å². The fourth-order valence-electron chi connectivity index (χ4n) is 5.66. The van der Waals surface area contributed by atoms with Gasteiger partial charge in [-0.05, 0) is 107 Å². The van der Waals surface area contributed by atoms with Gasteiger partial charge in [-0.15, -0.1) is 0 Å². The lowest BCUT2D eigenvalue weighted by Crippen LogP contribution is -2.26. The van der Waals surface area contributed by atoms with E-state index in [0.29, 0.717) is 22.5 Å².